The number of benzene rings is 1. The smallest absolute Gasteiger partial charge is 0.228 e. The fourth-order valence-electron chi connectivity index (χ4n) is 2.94. The Hall–Kier alpha value is -3.94. The van der Waals surface area contributed by atoms with Gasteiger partial charge in [0.05, 0.1) is 19.6 Å². The maximum atomic E-state index is 12.7. The van der Waals surface area contributed by atoms with Gasteiger partial charge in [-0.05, 0) is 47.5 Å². The van der Waals surface area contributed by atoms with E-state index in [1.165, 1.54) is 6.92 Å². The molecule has 1 unspecified atom stereocenters. The van der Waals surface area contributed by atoms with Crippen LogP contribution in [-0.4, -0.2) is 28.9 Å². The lowest BCUT2D eigenvalue weighted by molar-refractivity contribution is -0.120. The van der Waals surface area contributed by atoms with Crippen LogP contribution < -0.4 is 20.1 Å². The highest BCUT2D eigenvalue weighted by Gasteiger charge is 2.19. The summed E-state index contributed by atoms with van der Waals surface area (Å²) in [6, 6.07) is 13.9. The van der Waals surface area contributed by atoms with Gasteiger partial charge in [-0.25, -0.2) is 4.98 Å². The Morgan fingerprint density at radius 2 is 1.77 bits per heavy atom. The minimum Gasteiger partial charge on any atom is -0.497 e. The van der Waals surface area contributed by atoms with E-state index in [2.05, 4.69) is 20.6 Å². The van der Waals surface area contributed by atoms with E-state index in [-0.39, 0.29) is 18.2 Å². The Labute approximate surface area is 180 Å². The largest absolute Gasteiger partial charge is 0.497 e. The molecular formula is C23H24N4O4. The molecule has 2 aromatic heterocycles. The van der Waals surface area contributed by atoms with Gasteiger partial charge in [0.1, 0.15) is 12.4 Å². The third-order valence-electron chi connectivity index (χ3n) is 4.46. The summed E-state index contributed by atoms with van der Waals surface area (Å²) < 4.78 is 11.0. The molecule has 3 aromatic rings. The molecule has 0 radical (unpaired) electrons. The van der Waals surface area contributed by atoms with Crippen molar-refractivity contribution in [3.8, 4) is 11.5 Å². The first-order valence-corrected chi connectivity index (χ1v) is 9.73. The van der Waals surface area contributed by atoms with Gasteiger partial charge in [0.15, 0.2) is 11.6 Å². The first kappa shape index (κ1) is 21.8. The summed E-state index contributed by atoms with van der Waals surface area (Å²) >= 11 is 0. The van der Waals surface area contributed by atoms with Gasteiger partial charge in [-0.2, -0.15) is 0 Å². The van der Waals surface area contributed by atoms with E-state index < -0.39 is 6.04 Å². The Kier molecular flexibility index (Phi) is 7.53. The number of amides is 2. The molecule has 0 aliphatic heterocycles. The van der Waals surface area contributed by atoms with Crippen molar-refractivity contribution in [2.45, 2.75) is 26.0 Å². The number of nitrogens with zero attached hydrogens (tertiary/aromatic N) is 2. The quantitative estimate of drug-likeness (QED) is 0.551. The van der Waals surface area contributed by atoms with Crippen LogP contribution in [0.3, 0.4) is 0 Å². The molecule has 0 spiro atoms. The molecule has 1 aromatic carbocycles. The zero-order chi connectivity index (χ0) is 22.1. The standard InChI is InChI=1S/C23H24N4O4/c1-16(28)26-20(18-5-7-19(30-2)8-6-18)14-22(29)27-23-21(4-3-11-25-23)31-15-17-9-12-24-13-10-17/h3-13,20H,14-15H2,1-2H3,(H,26,28)(H,25,27,29). The normalized spacial score (nSPS) is 11.3. The lowest BCUT2D eigenvalue weighted by Gasteiger charge is -2.19. The molecule has 0 aliphatic rings. The van der Waals surface area contributed by atoms with Gasteiger partial charge < -0.3 is 20.1 Å². The molecule has 3 rings (SSSR count). The van der Waals surface area contributed by atoms with Crippen LogP contribution in [0.25, 0.3) is 0 Å². The average molecular weight is 420 g/mol. The van der Waals surface area contributed by atoms with Crippen LogP contribution in [0, 0.1) is 0 Å². The SMILES string of the molecule is COc1ccc(C(CC(=O)Nc2ncccc2OCc2ccncc2)NC(C)=O)cc1. The molecule has 8 nitrogen and oxygen atoms in total. The second-order valence-electron chi connectivity index (χ2n) is 6.77. The summed E-state index contributed by atoms with van der Waals surface area (Å²) in [6.45, 7) is 1.73. The van der Waals surface area contributed by atoms with Crippen molar-refractivity contribution in [2.75, 3.05) is 12.4 Å². The van der Waals surface area contributed by atoms with Crippen LogP contribution in [-0.2, 0) is 16.2 Å². The predicted octanol–water partition coefficient (Wildman–Crippen LogP) is 3.27. The highest BCUT2D eigenvalue weighted by Crippen LogP contribution is 2.24. The molecule has 0 aliphatic carbocycles. The lowest BCUT2D eigenvalue weighted by Crippen LogP contribution is -2.30. The number of nitrogens with one attached hydrogen (secondary N) is 2. The zero-order valence-electron chi connectivity index (χ0n) is 17.4. The minimum atomic E-state index is -0.492. The lowest BCUT2D eigenvalue weighted by atomic mass is 10.0. The predicted molar refractivity (Wildman–Crippen MR) is 116 cm³/mol. The first-order valence-electron chi connectivity index (χ1n) is 9.73. The molecule has 2 N–H and O–H groups in total. The summed E-state index contributed by atoms with van der Waals surface area (Å²) in [6.07, 6.45) is 4.98. The maximum Gasteiger partial charge on any atom is 0.228 e. The van der Waals surface area contributed by atoms with E-state index in [0.29, 0.717) is 23.9 Å². The van der Waals surface area contributed by atoms with Gasteiger partial charge in [0.25, 0.3) is 0 Å². The molecule has 31 heavy (non-hydrogen) atoms. The van der Waals surface area contributed by atoms with E-state index in [1.807, 2.05) is 24.3 Å². The first-order chi connectivity index (χ1) is 15.0. The molecule has 8 heteroatoms. The van der Waals surface area contributed by atoms with E-state index in [4.69, 9.17) is 9.47 Å². The van der Waals surface area contributed by atoms with E-state index in [9.17, 15) is 9.59 Å². The molecule has 0 bridgehead atoms. The Balaban J connectivity index is 1.68. The van der Waals surface area contributed by atoms with Crippen molar-refractivity contribution in [1.82, 2.24) is 15.3 Å². The fourth-order valence-corrected chi connectivity index (χ4v) is 2.94. The van der Waals surface area contributed by atoms with Crippen molar-refractivity contribution >= 4 is 17.6 Å². The maximum absolute atomic E-state index is 12.7. The number of carbonyl (C=O) groups excluding carboxylic acids is 2. The van der Waals surface area contributed by atoms with Crippen LogP contribution in [0.15, 0.2) is 67.1 Å². The number of carbonyl (C=O) groups is 2. The summed E-state index contributed by atoms with van der Waals surface area (Å²) in [5.74, 6) is 0.931. The van der Waals surface area contributed by atoms with Gasteiger partial charge >= 0.3 is 0 Å². The van der Waals surface area contributed by atoms with Crippen LogP contribution in [0.1, 0.15) is 30.5 Å². The number of ether oxygens (including phenoxy) is 2. The van der Waals surface area contributed by atoms with Gasteiger partial charge in [0, 0.05) is 25.5 Å². The number of rotatable bonds is 9. The van der Waals surface area contributed by atoms with Crippen LogP contribution >= 0.6 is 0 Å². The number of hydrogen-bond donors (Lipinski definition) is 2. The Morgan fingerprint density at radius 3 is 2.45 bits per heavy atom. The molecule has 2 heterocycles. The molecule has 2 amide bonds. The Morgan fingerprint density at radius 1 is 1.03 bits per heavy atom. The second kappa shape index (κ2) is 10.7. The summed E-state index contributed by atoms with van der Waals surface area (Å²) in [7, 11) is 1.58. The van der Waals surface area contributed by atoms with E-state index in [0.717, 1.165) is 11.1 Å². The number of anilines is 1. The van der Waals surface area contributed by atoms with Crippen molar-refractivity contribution < 1.29 is 19.1 Å². The number of hydrogen-bond acceptors (Lipinski definition) is 6. The zero-order valence-corrected chi connectivity index (χ0v) is 17.4. The number of methoxy groups -OCH3 is 1. The molecule has 0 saturated carbocycles. The van der Waals surface area contributed by atoms with Crippen molar-refractivity contribution in [3.05, 3.63) is 78.2 Å². The summed E-state index contributed by atoms with van der Waals surface area (Å²) in [5, 5.41) is 5.59. The average Bonchev–Trinajstić information content (AvgIpc) is 2.78. The molecule has 0 saturated heterocycles. The molecule has 1 atom stereocenters. The van der Waals surface area contributed by atoms with Crippen molar-refractivity contribution in [2.24, 2.45) is 0 Å². The molecule has 160 valence electrons. The highest BCUT2D eigenvalue weighted by atomic mass is 16.5. The molecule has 0 fully saturated rings. The minimum absolute atomic E-state index is 0.0340. The fraction of sp³-hybridized carbons (Fsp3) is 0.217. The van der Waals surface area contributed by atoms with E-state index >= 15 is 0 Å². The van der Waals surface area contributed by atoms with Gasteiger partial charge in [-0.15, -0.1) is 0 Å². The van der Waals surface area contributed by atoms with Crippen LogP contribution in [0.4, 0.5) is 5.82 Å². The topological polar surface area (TPSA) is 102 Å². The Bertz CT molecular complexity index is 1010. The number of pyridine rings is 2. The summed E-state index contributed by atoms with van der Waals surface area (Å²) in [4.78, 5) is 32.6. The highest BCUT2D eigenvalue weighted by molar-refractivity contribution is 5.92. The van der Waals surface area contributed by atoms with E-state index in [1.54, 1.807) is 50.0 Å². The summed E-state index contributed by atoms with van der Waals surface area (Å²) in [5.41, 5.74) is 1.74. The van der Waals surface area contributed by atoms with Crippen LogP contribution in [0.5, 0.6) is 11.5 Å². The van der Waals surface area contributed by atoms with Gasteiger partial charge in [-0.1, -0.05) is 12.1 Å². The van der Waals surface area contributed by atoms with Crippen molar-refractivity contribution in [3.63, 3.8) is 0 Å². The number of aromatic nitrogens is 2. The van der Waals surface area contributed by atoms with Crippen LogP contribution in [0.2, 0.25) is 0 Å². The molecular weight excluding hydrogens is 396 g/mol. The third kappa shape index (κ3) is 6.53. The van der Waals surface area contributed by atoms with Crippen molar-refractivity contribution in [1.29, 1.82) is 0 Å². The van der Waals surface area contributed by atoms with Gasteiger partial charge in [-0.3, -0.25) is 14.6 Å². The third-order valence-corrected chi connectivity index (χ3v) is 4.46. The second-order valence-corrected chi connectivity index (χ2v) is 6.77. The van der Waals surface area contributed by atoms with Gasteiger partial charge in [0.2, 0.25) is 11.8 Å². The monoisotopic (exact) mass is 420 g/mol.